The largest absolute Gasteiger partial charge is 0.276 e. The number of halogens is 1. The number of hydrazone groups is 1. The second-order valence-corrected chi connectivity index (χ2v) is 7.25. The molecule has 0 atom stereocenters. The Balaban J connectivity index is 1.83. The van der Waals surface area contributed by atoms with E-state index in [0.29, 0.717) is 5.56 Å². The highest BCUT2D eigenvalue weighted by Crippen LogP contribution is 2.19. The molecule has 0 saturated carbocycles. The number of sulfonamides is 1. The Kier molecular flexibility index (Phi) is 4.51. The van der Waals surface area contributed by atoms with Crippen molar-refractivity contribution in [1.82, 2.24) is 9.82 Å². The smallest absolute Gasteiger partial charge is 0.235 e. The van der Waals surface area contributed by atoms with Gasteiger partial charge in [-0.3, -0.25) is 0 Å². The van der Waals surface area contributed by atoms with Gasteiger partial charge in [-0.25, -0.2) is 9.82 Å². The van der Waals surface area contributed by atoms with Crippen LogP contribution in [0, 0.1) is 6.92 Å². The van der Waals surface area contributed by atoms with Gasteiger partial charge in [-0.15, -0.1) is 0 Å². The summed E-state index contributed by atoms with van der Waals surface area (Å²) in [5.74, 6) is 0. The van der Waals surface area contributed by atoms with Gasteiger partial charge in [0.25, 0.3) is 10.0 Å². The van der Waals surface area contributed by atoms with E-state index in [2.05, 4.69) is 14.9 Å². The van der Waals surface area contributed by atoms with Gasteiger partial charge in [0.15, 0.2) is 0 Å². The van der Waals surface area contributed by atoms with Crippen molar-refractivity contribution in [3.05, 3.63) is 70.9 Å². The number of hydrogen-bond acceptors (Lipinski definition) is 4. The Labute approximate surface area is 145 Å². The molecule has 0 radical (unpaired) electrons. The fourth-order valence-electron chi connectivity index (χ4n) is 2.13. The standard InChI is InChI=1S/C17H14ClN3O2S/c1-12-6-8-15(9-7-12)24(22,23)21-19-11-14-10-13-4-2-3-5-16(13)20-17(14)18/h2-11,21H,1H3/b19-11+. The summed E-state index contributed by atoms with van der Waals surface area (Å²) in [7, 11) is -3.71. The van der Waals surface area contributed by atoms with Crippen LogP contribution in [0.4, 0.5) is 0 Å². The molecule has 1 aromatic heterocycles. The van der Waals surface area contributed by atoms with Crippen molar-refractivity contribution in [3.63, 3.8) is 0 Å². The summed E-state index contributed by atoms with van der Waals surface area (Å²) in [4.78, 5) is 6.58. The lowest BCUT2D eigenvalue weighted by molar-refractivity contribution is 0.584. The SMILES string of the molecule is Cc1ccc(S(=O)(=O)N/N=C/c2cc3ccccc3nc2Cl)cc1. The summed E-state index contributed by atoms with van der Waals surface area (Å²) < 4.78 is 24.3. The van der Waals surface area contributed by atoms with Crippen LogP contribution in [-0.2, 0) is 10.0 Å². The molecule has 0 fully saturated rings. The lowest BCUT2D eigenvalue weighted by Crippen LogP contribution is -2.18. The number of fused-ring (bicyclic) bond motifs is 1. The van der Waals surface area contributed by atoms with E-state index in [1.165, 1.54) is 18.3 Å². The first kappa shape index (κ1) is 16.4. The zero-order valence-electron chi connectivity index (χ0n) is 12.8. The minimum absolute atomic E-state index is 0.146. The number of aromatic nitrogens is 1. The van der Waals surface area contributed by atoms with Crippen LogP contribution >= 0.6 is 11.6 Å². The predicted octanol–water partition coefficient (Wildman–Crippen LogP) is 3.51. The van der Waals surface area contributed by atoms with E-state index in [4.69, 9.17) is 11.6 Å². The molecule has 0 saturated heterocycles. The number of aryl methyl sites for hydroxylation is 1. The van der Waals surface area contributed by atoms with E-state index in [-0.39, 0.29) is 10.0 Å². The monoisotopic (exact) mass is 359 g/mol. The van der Waals surface area contributed by atoms with E-state index in [1.807, 2.05) is 31.2 Å². The van der Waals surface area contributed by atoms with Crippen LogP contribution in [0.1, 0.15) is 11.1 Å². The van der Waals surface area contributed by atoms with Crippen molar-refractivity contribution in [1.29, 1.82) is 0 Å². The molecule has 0 unspecified atom stereocenters. The van der Waals surface area contributed by atoms with Crippen LogP contribution in [0.2, 0.25) is 5.15 Å². The minimum atomic E-state index is -3.71. The number of rotatable bonds is 4. The maximum Gasteiger partial charge on any atom is 0.276 e. The van der Waals surface area contributed by atoms with Gasteiger partial charge in [0.1, 0.15) is 5.15 Å². The highest BCUT2D eigenvalue weighted by atomic mass is 35.5. The van der Waals surface area contributed by atoms with Crippen LogP contribution in [0.25, 0.3) is 10.9 Å². The fraction of sp³-hybridized carbons (Fsp3) is 0.0588. The molecule has 3 rings (SSSR count). The van der Waals surface area contributed by atoms with Crippen LogP contribution < -0.4 is 4.83 Å². The first-order valence-electron chi connectivity index (χ1n) is 7.12. The van der Waals surface area contributed by atoms with Crippen molar-refractivity contribution in [2.24, 2.45) is 5.10 Å². The summed E-state index contributed by atoms with van der Waals surface area (Å²) in [5, 5.41) is 4.94. The zero-order valence-corrected chi connectivity index (χ0v) is 14.3. The van der Waals surface area contributed by atoms with Gasteiger partial charge >= 0.3 is 0 Å². The maximum absolute atomic E-state index is 12.2. The third-order valence-electron chi connectivity index (χ3n) is 3.41. The number of pyridine rings is 1. The molecule has 1 heterocycles. The summed E-state index contributed by atoms with van der Waals surface area (Å²) in [6.45, 7) is 1.89. The maximum atomic E-state index is 12.2. The first-order chi connectivity index (χ1) is 11.5. The van der Waals surface area contributed by atoms with Gasteiger partial charge < -0.3 is 0 Å². The van der Waals surface area contributed by atoms with Crippen LogP contribution in [0.5, 0.6) is 0 Å². The highest BCUT2D eigenvalue weighted by Gasteiger charge is 2.12. The normalized spacial score (nSPS) is 11.9. The molecule has 0 amide bonds. The fourth-order valence-corrected chi connectivity index (χ4v) is 3.12. The number of nitrogens with zero attached hydrogens (tertiary/aromatic N) is 2. The van der Waals surface area contributed by atoms with Crippen molar-refractivity contribution >= 4 is 38.7 Å². The van der Waals surface area contributed by atoms with Gasteiger partial charge in [-0.1, -0.05) is 47.5 Å². The summed E-state index contributed by atoms with van der Waals surface area (Å²) in [6, 6.07) is 15.8. The average Bonchev–Trinajstić information content (AvgIpc) is 2.55. The Bertz CT molecular complexity index is 1020. The lowest BCUT2D eigenvalue weighted by Gasteiger charge is -2.04. The summed E-state index contributed by atoms with van der Waals surface area (Å²) in [6.07, 6.45) is 1.34. The van der Waals surface area contributed by atoms with Gasteiger partial charge in [-0.2, -0.15) is 13.5 Å². The highest BCUT2D eigenvalue weighted by molar-refractivity contribution is 7.89. The Morgan fingerprint density at radius 3 is 2.58 bits per heavy atom. The molecule has 122 valence electrons. The number of nitrogens with one attached hydrogen (secondary N) is 1. The van der Waals surface area contributed by atoms with Gasteiger partial charge in [0, 0.05) is 10.9 Å². The van der Waals surface area contributed by atoms with Crippen molar-refractivity contribution in [2.45, 2.75) is 11.8 Å². The van der Waals surface area contributed by atoms with E-state index in [1.54, 1.807) is 18.2 Å². The van der Waals surface area contributed by atoms with Gasteiger partial charge in [0.05, 0.1) is 16.6 Å². The molecule has 0 aliphatic carbocycles. The molecule has 0 bridgehead atoms. The Hall–Kier alpha value is -2.44. The average molecular weight is 360 g/mol. The molecule has 24 heavy (non-hydrogen) atoms. The molecular weight excluding hydrogens is 346 g/mol. The second-order valence-electron chi connectivity index (χ2n) is 5.23. The molecule has 7 heteroatoms. The molecule has 5 nitrogen and oxygen atoms in total. The molecule has 2 aromatic carbocycles. The molecule has 0 aliphatic rings. The molecular formula is C17H14ClN3O2S. The molecule has 1 N–H and O–H groups in total. The molecule has 0 spiro atoms. The Morgan fingerprint density at radius 1 is 1.12 bits per heavy atom. The first-order valence-corrected chi connectivity index (χ1v) is 8.99. The molecule has 3 aromatic rings. The molecule has 0 aliphatic heterocycles. The van der Waals surface area contributed by atoms with Gasteiger partial charge in [0.2, 0.25) is 0 Å². The minimum Gasteiger partial charge on any atom is -0.235 e. The van der Waals surface area contributed by atoms with Crippen LogP contribution in [-0.4, -0.2) is 19.6 Å². The van der Waals surface area contributed by atoms with Gasteiger partial charge in [-0.05, 0) is 31.2 Å². The van der Waals surface area contributed by atoms with E-state index in [9.17, 15) is 8.42 Å². The zero-order chi connectivity index (χ0) is 17.2. The number of para-hydroxylation sites is 1. The third-order valence-corrected chi connectivity index (χ3v) is 4.95. The lowest BCUT2D eigenvalue weighted by atomic mass is 10.2. The number of benzene rings is 2. The van der Waals surface area contributed by atoms with Crippen molar-refractivity contribution in [3.8, 4) is 0 Å². The Morgan fingerprint density at radius 2 is 1.83 bits per heavy atom. The van der Waals surface area contributed by atoms with Crippen molar-refractivity contribution < 1.29 is 8.42 Å². The van der Waals surface area contributed by atoms with Crippen LogP contribution in [0.3, 0.4) is 0 Å². The van der Waals surface area contributed by atoms with E-state index >= 15 is 0 Å². The van der Waals surface area contributed by atoms with E-state index < -0.39 is 10.0 Å². The number of hydrogen-bond donors (Lipinski definition) is 1. The topological polar surface area (TPSA) is 71.4 Å². The second kappa shape index (κ2) is 6.59. The van der Waals surface area contributed by atoms with Crippen LogP contribution in [0.15, 0.2) is 64.6 Å². The quantitative estimate of drug-likeness (QED) is 0.440. The summed E-state index contributed by atoms with van der Waals surface area (Å²) >= 11 is 6.11. The van der Waals surface area contributed by atoms with E-state index in [0.717, 1.165) is 16.5 Å². The third kappa shape index (κ3) is 3.55. The van der Waals surface area contributed by atoms with Crippen molar-refractivity contribution in [2.75, 3.05) is 0 Å². The predicted molar refractivity (Wildman–Crippen MR) is 95.8 cm³/mol. The summed E-state index contributed by atoms with van der Waals surface area (Å²) in [5.41, 5.74) is 2.27.